The summed E-state index contributed by atoms with van der Waals surface area (Å²) in [5.41, 5.74) is 2.13. The molecule has 5 nitrogen and oxygen atoms in total. The number of aromatic amines is 1. The highest BCUT2D eigenvalue weighted by Crippen LogP contribution is 2.21. The molecule has 0 spiro atoms. The van der Waals surface area contributed by atoms with Crippen molar-refractivity contribution < 1.29 is 4.79 Å². The predicted molar refractivity (Wildman–Crippen MR) is 73.2 cm³/mol. The molecule has 0 fully saturated rings. The van der Waals surface area contributed by atoms with Crippen molar-refractivity contribution in [3.8, 4) is 0 Å². The van der Waals surface area contributed by atoms with E-state index in [2.05, 4.69) is 20.3 Å². The Morgan fingerprint density at radius 2 is 2.33 bits per heavy atom. The Bertz CT molecular complexity index is 686. The van der Waals surface area contributed by atoms with Crippen LogP contribution in [0.25, 0.3) is 17.1 Å². The summed E-state index contributed by atoms with van der Waals surface area (Å²) in [5, 5.41) is 4.30. The number of nitrogens with one attached hydrogen (secondary N) is 2. The molecule has 6 heteroatoms. The van der Waals surface area contributed by atoms with Crippen LogP contribution in [0.15, 0.2) is 35.2 Å². The molecular formula is C12H10N4OS. The smallest absolute Gasteiger partial charge is 0.275 e. The topological polar surface area (TPSA) is 70.1 Å². The highest BCUT2D eigenvalue weighted by Gasteiger charge is 2.19. The van der Waals surface area contributed by atoms with E-state index in [1.165, 1.54) is 11.8 Å². The van der Waals surface area contributed by atoms with Gasteiger partial charge in [-0.1, -0.05) is 11.8 Å². The number of amidine groups is 1. The highest BCUT2D eigenvalue weighted by molar-refractivity contribution is 8.13. The Labute approximate surface area is 107 Å². The number of aliphatic imine (C=N–C) groups is 1. The van der Waals surface area contributed by atoms with Gasteiger partial charge in [0.25, 0.3) is 5.91 Å². The molecule has 1 aliphatic rings. The Morgan fingerprint density at radius 3 is 3.11 bits per heavy atom. The zero-order valence-corrected chi connectivity index (χ0v) is 10.4. The summed E-state index contributed by atoms with van der Waals surface area (Å²) in [5.74, 6) is -0.169. The fraction of sp³-hybridized carbons (Fsp3) is 0.0833. The SMILES string of the molecule is CSC1=NC(=Cc2c[nH]c3ncccc23)C(=O)N1. The minimum Gasteiger partial charge on any atom is -0.346 e. The number of carbonyl (C=O) groups excluding carboxylic acids is 1. The number of aromatic nitrogens is 2. The normalized spacial score (nSPS) is 17.3. The molecule has 0 radical (unpaired) electrons. The maximum Gasteiger partial charge on any atom is 0.275 e. The van der Waals surface area contributed by atoms with Crippen LogP contribution in [-0.2, 0) is 4.79 Å². The summed E-state index contributed by atoms with van der Waals surface area (Å²) in [4.78, 5) is 23.2. The maximum absolute atomic E-state index is 11.7. The number of rotatable bonds is 1. The average molecular weight is 258 g/mol. The number of fused-ring (bicyclic) bond motifs is 1. The third kappa shape index (κ3) is 1.80. The van der Waals surface area contributed by atoms with Crippen LogP contribution < -0.4 is 5.32 Å². The molecule has 90 valence electrons. The number of pyridine rings is 1. The molecule has 18 heavy (non-hydrogen) atoms. The van der Waals surface area contributed by atoms with Crippen molar-refractivity contribution in [2.75, 3.05) is 6.26 Å². The van der Waals surface area contributed by atoms with Crippen LogP contribution in [0.4, 0.5) is 0 Å². The lowest BCUT2D eigenvalue weighted by molar-refractivity contribution is -0.115. The standard InChI is InChI=1S/C12H10N4OS/c1-18-12-15-9(11(17)16-12)5-7-6-14-10-8(7)3-2-4-13-10/h2-6H,1H3,(H,13,14)(H,15,16,17). The van der Waals surface area contributed by atoms with E-state index < -0.39 is 0 Å². The van der Waals surface area contributed by atoms with Gasteiger partial charge in [-0.2, -0.15) is 0 Å². The first-order valence-corrected chi connectivity index (χ1v) is 6.58. The van der Waals surface area contributed by atoms with Gasteiger partial charge < -0.3 is 4.98 Å². The second kappa shape index (κ2) is 4.30. The molecular weight excluding hydrogens is 248 g/mol. The van der Waals surface area contributed by atoms with Gasteiger partial charge in [-0.3, -0.25) is 10.1 Å². The molecule has 2 aromatic heterocycles. The minimum atomic E-state index is -0.169. The second-order valence-electron chi connectivity index (χ2n) is 3.75. The number of hydrogen-bond donors (Lipinski definition) is 2. The van der Waals surface area contributed by atoms with Gasteiger partial charge in [-0.25, -0.2) is 9.98 Å². The van der Waals surface area contributed by atoms with Gasteiger partial charge in [-0.15, -0.1) is 0 Å². The summed E-state index contributed by atoms with van der Waals surface area (Å²) in [6.07, 6.45) is 7.18. The molecule has 2 N–H and O–H groups in total. The van der Waals surface area contributed by atoms with Crippen LogP contribution in [0.2, 0.25) is 0 Å². The van der Waals surface area contributed by atoms with Crippen molar-refractivity contribution in [3.63, 3.8) is 0 Å². The Balaban J connectivity index is 2.06. The van der Waals surface area contributed by atoms with Crippen molar-refractivity contribution in [1.29, 1.82) is 0 Å². The number of thioether (sulfide) groups is 1. The fourth-order valence-electron chi connectivity index (χ4n) is 1.79. The first kappa shape index (κ1) is 11.0. The number of hydrogen-bond acceptors (Lipinski definition) is 4. The van der Waals surface area contributed by atoms with E-state index >= 15 is 0 Å². The molecule has 0 atom stereocenters. The highest BCUT2D eigenvalue weighted by atomic mass is 32.2. The van der Waals surface area contributed by atoms with Crippen molar-refractivity contribution in [2.24, 2.45) is 4.99 Å². The summed E-state index contributed by atoms with van der Waals surface area (Å²) in [6.45, 7) is 0. The van der Waals surface area contributed by atoms with E-state index in [1.54, 1.807) is 12.3 Å². The van der Waals surface area contributed by atoms with Crippen LogP contribution in [0.5, 0.6) is 0 Å². The lowest BCUT2D eigenvalue weighted by Crippen LogP contribution is -2.21. The monoisotopic (exact) mass is 258 g/mol. The molecule has 0 saturated carbocycles. The van der Waals surface area contributed by atoms with Crippen LogP contribution in [0.1, 0.15) is 5.56 Å². The molecule has 3 rings (SSSR count). The molecule has 0 aromatic carbocycles. The molecule has 3 heterocycles. The largest absolute Gasteiger partial charge is 0.346 e. The van der Waals surface area contributed by atoms with Gasteiger partial charge in [-0.05, 0) is 24.5 Å². The van der Waals surface area contributed by atoms with Crippen molar-refractivity contribution in [2.45, 2.75) is 0 Å². The van der Waals surface area contributed by atoms with Crippen molar-refractivity contribution in [3.05, 3.63) is 35.8 Å². The quantitative estimate of drug-likeness (QED) is 0.766. The molecule has 0 bridgehead atoms. The summed E-state index contributed by atoms with van der Waals surface area (Å²) in [7, 11) is 0. The molecule has 0 unspecified atom stereocenters. The van der Waals surface area contributed by atoms with Gasteiger partial charge in [0, 0.05) is 23.3 Å². The lowest BCUT2D eigenvalue weighted by Gasteiger charge is -1.92. The van der Waals surface area contributed by atoms with E-state index in [-0.39, 0.29) is 5.91 Å². The van der Waals surface area contributed by atoms with Crippen LogP contribution in [0, 0.1) is 0 Å². The van der Waals surface area contributed by atoms with Crippen molar-refractivity contribution >= 4 is 39.9 Å². The van der Waals surface area contributed by atoms with Gasteiger partial charge in [0.15, 0.2) is 5.17 Å². The number of carbonyl (C=O) groups is 1. The van der Waals surface area contributed by atoms with Crippen LogP contribution >= 0.6 is 11.8 Å². The molecule has 0 aliphatic carbocycles. The van der Waals surface area contributed by atoms with Crippen LogP contribution in [-0.4, -0.2) is 27.3 Å². The average Bonchev–Trinajstić information content (AvgIpc) is 2.95. The summed E-state index contributed by atoms with van der Waals surface area (Å²) >= 11 is 1.41. The third-order valence-electron chi connectivity index (χ3n) is 2.64. The Morgan fingerprint density at radius 1 is 1.44 bits per heavy atom. The lowest BCUT2D eigenvalue weighted by atomic mass is 10.2. The first-order chi connectivity index (χ1) is 8.78. The van der Waals surface area contributed by atoms with E-state index in [1.807, 2.05) is 24.6 Å². The number of nitrogens with zero attached hydrogens (tertiary/aromatic N) is 2. The zero-order chi connectivity index (χ0) is 12.5. The molecule has 1 aliphatic heterocycles. The van der Waals surface area contributed by atoms with E-state index in [9.17, 15) is 4.79 Å². The summed E-state index contributed by atoms with van der Waals surface area (Å²) in [6, 6.07) is 3.82. The minimum absolute atomic E-state index is 0.169. The van der Waals surface area contributed by atoms with Crippen molar-refractivity contribution in [1.82, 2.24) is 15.3 Å². The number of amides is 1. The molecule has 2 aromatic rings. The van der Waals surface area contributed by atoms with E-state index in [4.69, 9.17) is 0 Å². The van der Waals surface area contributed by atoms with E-state index in [0.29, 0.717) is 10.9 Å². The fourth-order valence-corrected chi connectivity index (χ4v) is 2.17. The van der Waals surface area contributed by atoms with Crippen LogP contribution in [0.3, 0.4) is 0 Å². The predicted octanol–water partition coefficient (Wildman–Crippen LogP) is 1.75. The molecule has 0 saturated heterocycles. The molecule has 1 amide bonds. The van der Waals surface area contributed by atoms with Gasteiger partial charge in [0.2, 0.25) is 0 Å². The van der Waals surface area contributed by atoms with Gasteiger partial charge in [0.05, 0.1) is 0 Å². The van der Waals surface area contributed by atoms with E-state index in [0.717, 1.165) is 16.6 Å². The second-order valence-corrected chi connectivity index (χ2v) is 4.54. The number of H-pyrrole nitrogens is 1. The first-order valence-electron chi connectivity index (χ1n) is 5.36. The maximum atomic E-state index is 11.7. The van der Waals surface area contributed by atoms with Gasteiger partial charge >= 0.3 is 0 Å². The Kier molecular flexibility index (Phi) is 2.64. The summed E-state index contributed by atoms with van der Waals surface area (Å²) < 4.78 is 0. The Hall–Kier alpha value is -2.08. The zero-order valence-electron chi connectivity index (χ0n) is 9.60. The third-order valence-corrected chi connectivity index (χ3v) is 3.22. The van der Waals surface area contributed by atoms with Gasteiger partial charge in [0.1, 0.15) is 11.3 Å².